The van der Waals surface area contributed by atoms with Crippen LogP contribution >= 0.6 is 7.82 Å². The lowest BCUT2D eigenvalue weighted by atomic mass is 10.0. The molecule has 0 spiro atoms. The Morgan fingerprint density at radius 3 is 1.43 bits per heavy atom. The molecule has 0 aliphatic rings. The molecule has 0 fully saturated rings. The smallest absolute Gasteiger partial charge is 0.391 e. The SMILES string of the molecule is CCCCCCCCCCCCC=CC[C@@H](O)[C@H](COP(=O)(O)OCC[N+](C)(C)C)NC(=O)CCCCCCCCCCCCCCCCCCCC. The number of hydrogen-bond acceptors (Lipinski definition) is 5. The molecule has 1 unspecified atom stereocenters. The molecule has 316 valence electrons. The minimum atomic E-state index is -4.32. The molecule has 0 aromatic rings. The number of nitrogens with one attached hydrogen (secondary N) is 1. The first kappa shape index (κ1) is 52.2. The number of phosphoric acid groups is 1. The fourth-order valence-corrected chi connectivity index (χ4v) is 7.36. The van der Waals surface area contributed by atoms with E-state index in [0.717, 1.165) is 32.1 Å². The summed E-state index contributed by atoms with van der Waals surface area (Å²) in [4.78, 5) is 23.1. The van der Waals surface area contributed by atoms with Crippen molar-refractivity contribution in [2.45, 2.75) is 225 Å². The van der Waals surface area contributed by atoms with E-state index in [0.29, 0.717) is 23.9 Å². The van der Waals surface area contributed by atoms with Crippen LogP contribution in [-0.2, 0) is 18.4 Å². The van der Waals surface area contributed by atoms with Gasteiger partial charge in [0.1, 0.15) is 13.2 Å². The highest BCUT2D eigenvalue weighted by atomic mass is 31.2. The van der Waals surface area contributed by atoms with E-state index in [4.69, 9.17) is 9.05 Å². The van der Waals surface area contributed by atoms with Crippen LogP contribution < -0.4 is 5.32 Å². The van der Waals surface area contributed by atoms with Crippen molar-refractivity contribution in [1.29, 1.82) is 0 Å². The molecule has 0 radical (unpaired) electrons. The summed E-state index contributed by atoms with van der Waals surface area (Å²) in [5.41, 5.74) is 0. The first-order valence-corrected chi connectivity index (χ1v) is 24.0. The van der Waals surface area contributed by atoms with E-state index >= 15 is 0 Å². The third-order valence-electron chi connectivity index (χ3n) is 10.3. The Balaban J connectivity index is 4.35. The lowest BCUT2D eigenvalue weighted by molar-refractivity contribution is -0.870. The predicted octanol–water partition coefficient (Wildman–Crippen LogP) is 12.4. The quantitative estimate of drug-likeness (QED) is 0.0247. The molecule has 3 atom stereocenters. The van der Waals surface area contributed by atoms with Crippen molar-refractivity contribution >= 4 is 13.7 Å². The van der Waals surface area contributed by atoms with Crippen LogP contribution in [0.5, 0.6) is 0 Å². The molecule has 9 heteroatoms. The Morgan fingerprint density at radius 1 is 0.623 bits per heavy atom. The van der Waals surface area contributed by atoms with Gasteiger partial charge in [0, 0.05) is 6.42 Å². The summed E-state index contributed by atoms with van der Waals surface area (Å²) in [6.45, 7) is 4.85. The average Bonchev–Trinajstić information content (AvgIpc) is 3.10. The van der Waals surface area contributed by atoms with Crippen LogP contribution in [0.1, 0.15) is 213 Å². The van der Waals surface area contributed by atoms with Gasteiger partial charge in [-0.25, -0.2) is 4.57 Å². The molecule has 1 amide bonds. The lowest BCUT2D eigenvalue weighted by Crippen LogP contribution is -2.46. The number of nitrogens with zero attached hydrogens (tertiary/aromatic N) is 1. The van der Waals surface area contributed by atoms with Crippen molar-refractivity contribution in [3.8, 4) is 0 Å². The van der Waals surface area contributed by atoms with Crippen molar-refractivity contribution < 1.29 is 32.9 Å². The zero-order valence-electron chi connectivity index (χ0n) is 35.8. The minimum Gasteiger partial charge on any atom is -0.391 e. The van der Waals surface area contributed by atoms with Crippen LogP contribution in [0.2, 0.25) is 0 Å². The van der Waals surface area contributed by atoms with Gasteiger partial charge in [0.05, 0.1) is 39.9 Å². The Kier molecular flexibility index (Phi) is 36.3. The Bertz CT molecular complexity index is 880. The molecule has 0 aliphatic carbocycles. The number of quaternary nitrogens is 1. The maximum Gasteiger partial charge on any atom is 0.472 e. The molecule has 0 heterocycles. The van der Waals surface area contributed by atoms with Crippen molar-refractivity contribution in [3.63, 3.8) is 0 Å². The highest BCUT2D eigenvalue weighted by Gasteiger charge is 2.28. The number of unbranched alkanes of at least 4 members (excludes halogenated alkanes) is 27. The second-order valence-corrected chi connectivity index (χ2v) is 18.2. The molecule has 0 saturated carbocycles. The third kappa shape index (κ3) is 39.3. The monoisotopic (exact) mass is 774 g/mol. The van der Waals surface area contributed by atoms with Crippen LogP contribution in [-0.4, -0.2) is 73.4 Å². The number of rotatable bonds is 41. The van der Waals surface area contributed by atoms with Gasteiger partial charge in [0.25, 0.3) is 0 Å². The summed E-state index contributed by atoms with van der Waals surface area (Å²) in [7, 11) is 1.59. The Labute approximate surface area is 329 Å². The van der Waals surface area contributed by atoms with E-state index in [2.05, 4.69) is 25.2 Å². The van der Waals surface area contributed by atoms with Crippen LogP contribution in [0.4, 0.5) is 0 Å². The maximum atomic E-state index is 12.9. The van der Waals surface area contributed by atoms with Crippen LogP contribution in [0.25, 0.3) is 0 Å². The summed E-state index contributed by atoms with van der Waals surface area (Å²) >= 11 is 0. The first-order chi connectivity index (χ1) is 25.5. The zero-order valence-corrected chi connectivity index (χ0v) is 36.7. The molecule has 0 bridgehead atoms. The predicted molar refractivity (Wildman–Crippen MR) is 226 cm³/mol. The van der Waals surface area contributed by atoms with Crippen molar-refractivity contribution in [2.75, 3.05) is 40.9 Å². The van der Waals surface area contributed by atoms with Gasteiger partial charge in [-0.1, -0.05) is 193 Å². The summed E-state index contributed by atoms with van der Waals surface area (Å²) in [5, 5.41) is 13.9. The third-order valence-corrected chi connectivity index (χ3v) is 11.3. The molecular formula is C44H90N2O6P+. The van der Waals surface area contributed by atoms with E-state index in [1.807, 2.05) is 27.2 Å². The van der Waals surface area contributed by atoms with Crippen LogP contribution in [0, 0.1) is 0 Å². The topological polar surface area (TPSA) is 105 Å². The summed E-state index contributed by atoms with van der Waals surface area (Å²) < 4.78 is 23.6. The molecule has 8 nitrogen and oxygen atoms in total. The number of likely N-dealkylation sites (N-methyl/N-ethyl adjacent to an activating group) is 1. The van der Waals surface area contributed by atoms with Gasteiger partial charge < -0.3 is 19.8 Å². The fourth-order valence-electron chi connectivity index (χ4n) is 6.62. The fraction of sp³-hybridized carbons (Fsp3) is 0.932. The number of aliphatic hydroxyl groups excluding tert-OH is 1. The number of carbonyl (C=O) groups excluding carboxylic acids is 1. The van der Waals surface area contributed by atoms with E-state index in [1.165, 1.54) is 154 Å². The van der Waals surface area contributed by atoms with Gasteiger partial charge in [-0.15, -0.1) is 0 Å². The average molecular weight is 774 g/mol. The molecule has 0 aromatic carbocycles. The van der Waals surface area contributed by atoms with Gasteiger partial charge in [-0.3, -0.25) is 13.8 Å². The van der Waals surface area contributed by atoms with Crippen molar-refractivity contribution in [2.24, 2.45) is 0 Å². The standard InChI is InChI=1S/C44H89N2O6P/c1-6-8-10-12-14-16-18-20-21-22-23-24-26-28-30-32-34-36-38-44(48)45-42(41-52-53(49,50)51-40-39-46(3,4)5)43(47)37-35-33-31-29-27-25-19-17-15-13-11-9-7-2/h33,35,42-43,47H,6-32,34,36-41H2,1-5H3,(H-,45,48,49,50)/p+1/t42-,43+/m0/s1. The Morgan fingerprint density at radius 2 is 1.02 bits per heavy atom. The zero-order chi connectivity index (χ0) is 39.3. The number of hydrogen-bond donors (Lipinski definition) is 3. The van der Waals surface area contributed by atoms with Gasteiger partial charge in [-0.05, 0) is 25.7 Å². The van der Waals surface area contributed by atoms with Crippen LogP contribution in [0.3, 0.4) is 0 Å². The molecule has 0 rings (SSSR count). The van der Waals surface area contributed by atoms with Crippen molar-refractivity contribution in [3.05, 3.63) is 12.2 Å². The van der Waals surface area contributed by atoms with E-state index < -0.39 is 20.0 Å². The minimum absolute atomic E-state index is 0.0674. The lowest BCUT2D eigenvalue weighted by Gasteiger charge is -2.26. The van der Waals surface area contributed by atoms with Crippen molar-refractivity contribution in [1.82, 2.24) is 5.32 Å². The summed E-state index contributed by atoms with van der Waals surface area (Å²) in [6.07, 6.45) is 41.1. The van der Waals surface area contributed by atoms with Gasteiger partial charge >= 0.3 is 7.82 Å². The van der Waals surface area contributed by atoms with Gasteiger partial charge in [0.2, 0.25) is 5.91 Å². The van der Waals surface area contributed by atoms with E-state index in [1.54, 1.807) is 0 Å². The number of aliphatic hydroxyl groups is 1. The number of allylic oxidation sites excluding steroid dienone is 1. The molecule has 3 N–H and O–H groups in total. The summed E-state index contributed by atoms with van der Waals surface area (Å²) in [6, 6.07) is -0.803. The number of amides is 1. The summed E-state index contributed by atoms with van der Waals surface area (Å²) in [5.74, 6) is -0.165. The molecular weight excluding hydrogens is 683 g/mol. The second kappa shape index (κ2) is 36.9. The largest absolute Gasteiger partial charge is 0.472 e. The van der Waals surface area contributed by atoms with Gasteiger partial charge in [-0.2, -0.15) is 0 Å². The van der Waals surface area contributed by atoms with E-state index in [-0.39, 0.29) is 19.1 Å². The number of phosphoric ester groups is 1. The van der Waals surface area contributed by atoms with Crippen LogP contribution in [0.15, 0.2) is 12.2 Å². The van der Waals surface area contributed by atoms with Gasteiger partial charge in [0.15, 0.2) is 0 Å². The molecule has 0 saturated heterocycles. The first-order valence-electron chi connectivity index (χ1n) is 22.6. The highest BCUT2D eigenvalue weighted by molar-refractivity contribution is 7.47. The number of carbonyl (C=O) groups is 1. The van der Waals surface area contributed by atoms with E-state index in [9.17, 15) is 19.4 Å². The Hall–Kier alpha value is -0.760. The molecule has 53 heavy (non-hydrogen) atoms. The normalized spacial score (nSPS) is 14.5. The molecule has 0 aromatic heterocycles. The molecule has 0 aliphatic heterocycles. The maximum absolute atomic E-state index is 12.9. The second-order valence-electron chi connectivity index (χ2n) is 16.8. The highest BCUT2D eigenvalue weighted by Crippen LogP contribution is 2.43.